The molecule has 0 saturated carbocycles. The molecule has 1 aliphatic rings. The van der Waals surface area contributed by atoms with Crippen LogP contribution in [0, 0.1) is 13.8 Å². The van der Waals surface area contributed by atoms with E-state index in [-0.39, 0.29) is 11.9 Å². The first-order valence-corrected chi connectivity index (χ1v) is 6.79. The summed E-state index contributed by atoms with van der Waals surface area (Å²) >= 11 is 0. The number of benzene rings is 1. The van der Waals surface area contributed by atoms with Crippen LogP contribution in [0.25, 0.3) is 0 Å². The summed E-state index contributed by atoms with van der Waals surface area (Å²) in [6, 6.07) is 4.05. The molecule has 0 bridgehead atoms. The molecule has 2 rings (SSSR count). The number of nitrogens with one attached hydrogen (secondary N) is 2. The number of amides is 1. The van der Waals surface area contributed by atoms with Gasteiger partial charge in [-0.05, 0) is 32.4 Å². The van der Waals surface area contributed by atoms with Crippen molar-refractivity contribution in [3.8, 4) is 0 Å². The summed E-state index contributed by atoms with van der Waals surface area (Å²) in [6.45, 7) is 7.21. The average Bonchev–Trinajstić information content (AvgIpc) is 2.62. The van der Waals surface area contributed by atoms with E-state index in [4.69, 9.17) is 0 Å². The third kappa shape index (κ3) is 2.56. The van der Waals surface area contributed by atoms with E-state index in [1.807, 2.05) is 6.92 Å². The van der Waals surface area contributed by atoms with Gasteiger partial charge in [-0.25, -0.2) is 0 Å². The minimum absolute atomic E-state index is 0.0789. The van der Waals surface area contributed by atoms with Crippen molar-refractivity contribution >= 4 is 11.6 Å². The van der Waals surface area contributed by atoms with Crippen LogP contribution in [0.2, 0.25) is 0 Å². The molecule has 18 heavy (non-hydrogen) atoms. The van der Waals surface area contributed by atoms with Crippen LogP contribution in [0.1, 0.15) is 48.9 Å². The Morgan fingerprint density at radius 1 is 1.28 bits per heavy atom. The van der Waals surface area contributed by atoms with Crippen molar-refractivity contribution < 1.29 is 4.79 Å². The number of carbonyl (C=O) groups is 1. The second-order valence-corrected chi connectivity index (χ2v) is 5.13. The quantitative estimate of drug-likeness (QED) is 0.784. The van der Waals surface area contributed by atoms with Crippen LogP contribution in [0.5, 0.6) is 0 Å². The summed E-state index contributed by atoms with van der Waals surface area (Å²) in [5, 5.41) is 6.35. The van der Waals surface area contributed by atoms with Crippen molar-refractivity contribution in [1.29, 1.82) is 0 Å². The fourth-order valence-electron chi connectivity index (χ4n) is 2.56. The van der Waals surface area contributed by atoms with Gasteiger partial charge in [0, 0.05) is 11.3 Å². The highest BCUT2D eigenvalue weighted by Gasteiger charge is 2.30. The van der Waals surface area contributed by atoms with E-state index in [0.717, 1.165) is 29.8 Å². The Hall–Kier alpha value is -1.35. The number of rotatable bonds is 5. The van der Waals surface area contributed by atoms with Crippen LogP contribution in [-0.2, 0) is 4.79 Å². The zero-order valence-corrected chi connectivity index (χ0v) is 11.5. The minimum Gasteiger partial charge on any atom is -0.324 e. The Morgan fingerprint density at radius 2 is 2.06 bits per heavy atom. The van der Waals surface area contributed by atoms with E-state index in [1.165, 1.54) is 18.4 Å². The Labute approximate surface area is 109 Å². The summed E-state index contributed by atoms with van der Waals surface area (Å²) in [4.78, 5) is 12.0. The second kappa shape index (κ2) is 5.53. The number of aryl methyl sites for hydroxylation is 2. The molecule has 1 unspecified atom stereocenters. The average molecular weight is 246 g/mol. The molecule has 1 amide bonds. The third-order valence-corrected chi connectivity index (χ3v) is 3.46. The van der Waals surface area contributed by atoms with Crippen LogP contribution in [-0.4, -0.2) is 12.5 Å². The summed E-state index contributed by atoms with van der Waals surface area (Å²) in [7, 11) is 0. The van der Waals surface area contributed by atoms with Crippen LogP contribution in [0.4, 0.5) is 5.69 Å². The third-order valence-electron chi connectivity index (χ3n) is 3.46. The van der Waals surface area contributed by atoms with Crippen molar-refractivity contribution in [2.24, 2.45) is 0 Å². The first-order chi connectivity index (χ1) is 8.63. The largest absolute Gasteiger partial charge is 0.324 e. The zero-order chi connectivity index (χ0) is 13.1. The first-order valence-electron chi connectivity index (χ1n) is 6.79. The standard InChI is InChI=1S/C15H22N2O/c1-4-5-6-7-16-14-12-9-10(2)8-11(3)13(12)17-15(14)18/h8-9,14,16H,4-7H2,1-3H3,(H,17,18). The van der Waals surface area contributed by atoms with Gasteiger partial charge in [-0.2, -0.15) is 0 Å². The maximum atomic E-state index is 12.0. The molecular weight excluding hydrogens is 224 g/mol. The highest BCUT2D eigenvalue weighted by Crippen LogP contribution is 2.34. The van der Waals surface area contributed by atoms with Gasteiger partial charge < -0.3 is 10.6 Å². The molecule has 1 aromatic carbocycles. The topological polar surface area (TPSA) is 41.1 Å². The lowest BCUT2D eigenvalue weighted by atomic mass is 10.0. The molecule has 3 heteroatoms. The van der Waals surface area contributed by atoms with Crippen molar-refractivity contribution in [1.82, 2.24) is 5.32 Å². The minimum atomic E-state index is -0.171. The number of carbonyl (C=O) groups excluding carboxylic acids is 1. The first kappa shape index (κ1) is 13.1. The summed E-state index contributed by atoms with van der Waals surface area (Å²) in [5.41, 5.74) is 4.46. The number of fused-ring (bicyclic) bond motifs is 1. The lowest BCUT2D eigenvalue weighted by Gasteiger charge is -2.12. The number of hydrogen-bond donors (Lipinski definition) is 2. The Kier molecular flexibility index (Phi) is 4.02. The lowest BCUT2D eigenvalue weighted by Crippen LogP contribution is -2.28. The Bertz CT molecular complexity index is 454. The molecule has 1 heterocycles. The number of unbranched alkanes of at least 4 members (excludes halogenated alkanes) is 2. The molecule has 3 nitrogen and oxygen atoms in total. The summed E-state index contributed by atoms with van der Waals surface area (Å²) < 4.78 is 0. The molecule has 0 saturated heterocycles. The molecule has 0 radical (unpaired) electrons. The predicted molar refractivity (Wildman–Crippen MR) is 74.8 cm³/mol. The highest BCUT2D eigenvalue weighted by atomic mass is 16.2. The van der Waals surface area contributed by atoms with Crippen molar-refractivity contribution in [3.63, 3.8) is 0 Å². The maximum Gasteiger partial charge on any atom is 0.246 e. The van der Waals surface area contributed by atoms with Gasteiger partial charge in [0.2, 0.25) is 5.91 Å². The maximum absolute atomic E-state index is 12.0. The van der Waals surface area contributed by atoms with Crippen LogP contribution in [0.15, 0.2) is 12.1 Å². The van der Waals surface area contributed by atoms with Crippen molar-refractivity contribution in [2.75, 3.05) is 11.9 Å². The van der Waals surface area contributed by atoms with Gasteiger partial charge in [-0.1, -0.05) is 37.5 Å². The predicted octanol–water partition coefficient (Wildman–Crippen LogP) is 3.08. The molecule has 0 aromatic heterocycles. The Morgan fingerprint density at radius 3 is 2.78 bits per heavy atom. The molecule has 1 aromatic rings. The van der Waals surface area contributed by atoms with E-state index < -0.39 is 0 Å². The van der Waals surface area contributed by atoms with Gasteiger partial charge in [-0.3, -0.25) is 4.79 Å². The molecule has 1 atom stereocenters. The fraction of sp³-hybridized carbons (Fsp3) is 0.533. The van der Waals surface area contributed by atoms with Gasteiger partial charge in [0.25, 0.3) is 0 Å². The molecule has 1 aliphatic heterocycles. The highest BCUT2D eigenvalue weighted by molar-refractivity contribution is 6.03. The lowest BCUT2D eigenvalue weighted by molar-refractivity contribution is -0.117. The smallest absolute Gasteiger partial charge is 0.246 e. The summed E-state index contributed by atoms with van der Waals surface area (Å²) in [6.07, 6.45) is 3.54. The number of hydrogen-bond acceptors (Lipinski definition) is 2. The molecule has 0 fully saturated rings. The summed E-state index contributed by atoms with van der Waals surface area (Å²) in [5.74, 6) is 0.0789. The number of anilines is 1. The van der Waals surface area contributed by atoms with Gasteiger partial charge in [0.15, 0.2) is 0 Å². The van der Waals surface area contributed by atoms with Crippen LogP contribution >= 0.6 is 0 Å². The Balaban J connectivity index is 2.12. The molecule has 0 spiro atoms. The van der Waals surface area contributed by atoms with Gasteiger partial charge in [0.05, 0.1) is 0 Å². The molecule has 2 N–H and O–H groups in total. The second-order valence-electron chi connectivity index (χ2n) is 5.13. The van der Waals surface area contributed by atoms with E-state index in [1.54, 1.807) is 0 Å². The van der Waals surface area contributed by atoms with E-state index >= 15 is 0 Å². The SMILES string of the molecule is CCCCCNC1C(=O)Nc2c(C)cc(C)cc21. The molecule has 0 aliphatic carbocycles. The normalized spacial score (nSPS) is 17.7. The molecule has 98 valence electrons. The van der Waals surface area contributed by atoms with Gasteiger partial charge in [0.1, 0.15) is 6.04 Å². The van der Waals surface area contributed by atoms with Crippen LogP contribution < -0.4 is 10.6 Å². The van der Waals surface area contributed by atoms with Gasteiger partial charge >= 0.3 is 0 Å². The van der Waals surface area contributed by atoms with Crippen LogP contribution in [0.3, 0.4) is 0 Å². The fourth-order valence-corrected chi connectivity index (χ4v) is 2.56. The van der Waals surface area contributed by atoms with E-state index in [0.29, 0.717) is 0 Å². The monoisotopic (exact) mass is 246 g/mol. The van der Waals surface area contributed by atoms with Crippen molar-refractivity contribution in [2.45, 2.75) is 46.1 Å². The van der Waals surface area contributed by atoms with Crippen molar-refractivity contribution in [3.05, 3.63) is 28.8 Å². The van der Waals surface area contributed by atoms with E-state index in [2.05, 4.69) is 36.6 Å². The van der Waals surface area contributed by atoms with E-state index in [9.17, 15) is 4.79 Å². The zero-order valence-electron chi connectivity index (χ0n) is 11.5. The van der Waals surface area contributed by atoms with Gasteiger partial charge in [-0.15, -0.1) is 0 Å². The molecular formula is C15H22N2O.